The SMILES string of the molecule is C=CCN1C(=O)NC(=O)C(C=N[C@H](CC)Cc2c[nH]c3ccccc23)C1=O. The van der Waals surface area contributed by atoms with E-state index in [4.69, 9.17) is 0 Å². The molecule has 2 aromatic rings. The third-order valence-electron chi connectivity index (χ3n) is 4.65. The van der Waals surface area contributed by atoms with E-state index in [1.165, 1.54) is 12.3 Å². The van der Waals surface area contributed by atoms with Crippen LogP contribution in [0.3, 0.4) is 0 Å². The van der Waals surface area contributed by atoms with Crippen LogP contribution in [0.25, 0.3) is 10.9 Å². The van der Waals surface area contributed by atoms with Crippen molar-refractivity contribution in [1.82, 2.24) is 15.2 Å². The van der Waals surface area contributed by atoms with Gasteiger partial charge in [-0.25, -0.2) is 4.79 Å². The molecular weight excluding hydrogens is 344 g/mol. The Labute approximate surface area is 157 Å². The summed E-state index contributed by atoms with van der Waals surface area (Å²) in [6, 6.07) is 7.23. The molecule has 2 N–H and O–H groups in total. The average molecular weight is 366 g/mol. The largest absolute Gasteiger partial charge is 0.361 e. The first-order valence-electron chi connectivity index (χ1n) is 8.90. The van der Waals surface area contributed by atoms with Crippen LogP contribution in [-0.2, 0) is 16.0 Å². The molecule has 140 valence electrons. The van der Waals surface area contributed by atoms with Gasteiger partial charge in [0, 0.05) is 29.9 Å². The number of para-hydroxylation sites is 1. The van der Waals surface area contributed by atoms with E-state index in [0.29, 0.717) is 6.42 Å². The van der Waals surface area contributed by atoms with Crippen LogP contribution in [0.15, 0.2) is 48.1 Å². The lowest BCUT2D eigenvalue weighted by molar-refractivity contribution is -0.138. The number of hydrogen-bond donors (Lipinski definition) is 2. The summed E-state index contributed by atoms with van der Waals surface area (Å²) in [5.41, 5.74) is 2.20. The molecule has 1 unspecified atom stereocenters. The zero-order valence-electron chi connectivity index (χ0n) is 15.1. The van der Waals surface area contributed by atoms with E-state index < -0.39 is 23.8 Å². The van der Waals surface area contributed by atoms with Gasteiger partial charge in [0.25, 0.3) is 0 Å². The van der Waals surface area contributed by atoms with Gasteiger partial charge in [0.2, 0.25) is 11.8 Å². The van der Waals surface area contributed by atoms with E-state index in [1.807, 2.05) is 31.3 Å². The number of benzene rings is 1. The van der Waals surface area contributed by atoms with Gasteiger partial charge >= 0.3 is 6.03 Å². The highest BCUT2D eigenvalue weighted by molar-refractivity contribution is 6.23. The highest BCUT2D eigenvalue weighted by Crippen LogP contribution is 2.21. The van der Waals surface area contributed by atoms with Gasteiger partial charge in [0.1, 0.15) is 0 Å². The van der Waals surface area contributed by atoms with Crippen molar-refractivity contribution in [3.05, 3.63) is 48.7 Å². The molecule has 2 atom stereocenters. The molecule has 1 aliphatic rings. The summed E-state index contributed by atoms with van der Waals surface area (Å²) < 4.78 is 0. The standard InChI is InChI=1S/C20H22N4O3/c1-3-9-24-19(26)16(18(25)23-20(24)27)12-21-14(4-2)10-13-11-22-17-8-6-5-7-15(13)17/h3,5-8,11-12,14,16,22H,1,4,9-10H2,2H3,(H,23,25,27)/t14-,16?/m1/s1. The van der Waals surface area contributed by atoms with Crippen LogP contribution >= 0.6 is 0 Å². The topological polar surface area (TPSA) is 94.6 Å². The molecule has 4 amide bonds. The maximum absolute atomic E-state index is 12.4. The molecular formula is C20H22N4O3. The van der Waals surface area contributed by atoms with E-state index in [9.17, 15) is 14.4 Å². The minimum Gasteiger partial charge on any atom is -0.361 e. The van der Waals surface area contributed by atoms with Crippen LogP contribution in [-0.4, -0.2) is 46.5 Å². The molecule has 1 aromatic carbocycles. The predicted molar refractivity (Wildman–Crippen MR) is 104 cm³/mol. The van der Waals surface area contributed by atoms with Crippen LogP contribution in [0.2, 0.25) is 0 Å². The van der Waals surface area contributed by atoms with E-state index in [0.717, 1.165) is 27.8 Å². The molecule has 0 bridgehead atoms. The molecule has 0 saturated carbocycles. The lowest BCUT2D eigenvalue weighted by Gasteiger charge is -2.27. The first-order chi connectivity index (χ1) is 13.0. The third-order valence-corrected chi connectivity index (χ3v) is 4.65. The van der Waals surface area contributed by atoms with Crippen LogP contribution in [0.4, 0.5) is 4.79 Å². The molecule has 0 spiro atoms. The molecule has 1 fully saturated rings. The third kappa shape index (κ3) is 3.81. The number of nitrogens with zero attached hydrogens (tertiary/aromatic N) is 2. The van der Waals surface area contributed by atoms with Gasteiger partial charge in [-0.15, -0.1) is 6.58 Å². The minimum atomic E-state index is -1.10. The normalized spacial score (nSPS) is 18.9. The summed E-state index contributed by atoms with van der Waals surface area (Å²) in [5.74, 6) is -2.31. The number of carbonyl (C=O) groups is 3. The van der Waals surface area contributed by atoms with Gasteiger partial charge in [-0.05, 0) is 24.5 Å². The quantitative estimate of drug-likeness (QED) is 0.448. The molecule has 0 aliphatic carbocycles. The van der Waals surface area contributed by atoms with Crippen molar-refractivity contribution >= 4 is 35.0 Å². The summed E-state index contributed by atoms with van der Waals surface area (Å²) in [6.45, 7) is 5.58. The highest BCUT2D eigenvalue weighted by Gasteiger charge is 2.38. The zero-order chi connectivity index (χ0) is 19.4. The van der Waals surface area contributed by atoms with E-state index in [2.05, 4.69) is 27.9 Å². The predicted octanol–water partition coefficient (Wildman–Crippen LogP) is 2.44. The number of imide groups is 2. The molecule has 7 heteroatoms. The van der Waals surface area contributed by atoms with Crippen molar-refractivity contribution in [3.63, 3.8) is 0 Å². The van der Waals surface area contributed by atoms with Crippen LogP contribution < -0.4 is 5.32 Å². The Balaban J connectivity index is 1.76. The van der Waals surface area contributed by atoms with Crippen molar-refractivity contribution < 1.29 is 14.4 Å². The Morgan fingerprint density at radius 1 is 1.30 bits per heavy atom. The van der Waals surface area contributed by atoms with E-state index in [-0.39, 0.29) is 12.6 Å². The van der Waals surface area contributed by atoms with Crippen LogP contribution in [0, 0.1) is 5.92 Å². The Bertz CT molecular complexity index is 915. The number of carbonyl (C=O) groups excluding carboxylic acids is 3. The average Bonchev–Trinajstić information content (AvgIpc) is 3.06. The lowest BCUT2D eigenvalue weighted by atomic mass is 10.0. The second-order valence-corrected chi connectivity index (χ2v) is 6.43. The number of hydrogen-bond acceptors (Lipinski definition) is 4. The molecule has 1 saturated heterocycles. The van der Waals surface area contributed by atoms with Crippen LogP contribution in [0.5, 0.6) is 0 Å². The van der Waals surface area contributed by atoms with Crippen molar-refractivity contribution in [1.29, 1.82) is 0 Å². The molecule has 3 rings (SSSR count). The smallest absolute Gasteiger partial charge is 0.331 e. The number of aromatic amines is 1. The first-order valence-corrected chi connectivity index (χ1v) is 8.90. The molecule has 2 heterocycles. The van der Waals surface area contributed by atoms with Crippen LogP contribution in [0.1, 0.15) is 18.9 Å². The lowest BCUT2D eigenvalue weighted by Crippen LogP contribution is -2.58. The number of aliphatic imine (C=N–C) groups is 1. The number of aromatic nitrogens is 1. The number of urea groups is 1. The Morgan fingerprint density at radius 3 is 2.81 bits per heavy atom. The number of barbiturate groups is 1. The summed E-state index contributed by atoms with van der Waals surface area (Å²) >= 11 is 0. The first kappa shape index (κ1) is 18.6. The molecule has 1 aliphatic heterocycles. The summed E-state index contributed by atoms with van der Waals surface area (Å²) in [7, 11) is 0. The Kier molecular flexibility index (Phi) is 5.49. The fraction of sp³-hybridized carbons (Fsp3) is 0.300. The van der Waals surface area contributed by atoms with Gasteiger partial charge in [-0.3, -0.25) is 24.8 Å². The van der Waals surface area contributed by atoms with Crippen molar-refractivity contribution in [3.8, 4) is 0 Å². The second-order valence-electron chi connectivity index (χ2n) is 6.43. The number of amides is 4. The van der Waals surface area contributed by atoms with Gasteiger partial charge in [0.05, 0.1) is 6.04 Å². The summed E-state index contributed by atoms with van der Waals surface area (Å²) in [4.78, 5) is 44.9. The van der Waals surface area contributed by atoms with Gasteiger partial charge in [-0.1, -0.05) is 31.2 Å². The maximum Gasteiger partial charge on any atom is 0.331 e. The minimum absolute atomic E-state index is 0.0504. The maximum atomic E-state index is 12.4. The van der Waals surface area contributed by atoms with E-state index >= 15 is 0 Å². The van der Waals surface area contributed by atoms with Gasteiger partial charge < -0.3 is 4.98 Å². The van der Waals surface area contributed by atoms with E-state index in [1.54, 1.807) is 0 Å². The fourth-order valence-electron chi connectivity index (χ4n) is 3.13. The molecule has 0 radical (unpaired) electrons. The van der Waals surface area contributed by atoms with Gasteiger partial charge in [0.15, 0.2) is 5.92 Å². The van der Waals surface area contributed by atoms with Gasteiger partial charge in [-0.2, -0.15) is 0 Å². The Hall–Kier alpha value is -3.22. The number of nitrogens with one attached hydrogen (secondary N) is 2. The zero-order valence-corrected chi connectivity index (χ0v) is 15.1. The molecule has 7 nitrogen and oxygen atoms in total. The summed E-state index contributed by atoms with van der Waals surface area (Å²) in [6.07, 6.45) is 6.21. The number of rotatable bonds is 7. The second kappa shape index (κ2) is 7.99. The van der Waals surface area contributed by atoms with Crippen molar-refractivity contribution in [2.24, 2.45) is 10.9 Å². The molecule has 27 heavy (non-hydrogen) atoms. The number of H-pyrrole nitrogens is 1. The number of fused-ring (bicyclic) bond motifs is 1. The van der Waals surface area contributed by atoms with Crippen molar-refractivity contribution in [2.45, 2.75) is 25.8 Å². The Morgan fingerprint density at radius 2 is 2.07 bits per heavy atom. The fourth-order valence-corrected chi connectivity index (χ4v) is 3.13. The monoisotopic (exact) mass is 366 g/mol. The molecule has 1 aromatic heterocycles. The summed E-state index contributed by atoms with van der Waals surface area (Å²) in [5, 5.41) is 3.33. The highest BCUT2D eigenvalue weighted by atomic mass is 16.2. The van der Waals surface area contributed by atoms with Crippen molar-refractivity contribution in [2.75, 3.05) is 6.54 Å².